The van der Waals surface area contributed by atoms with Gasteiger partial charge in [0.25, 0.3) is 11.8 Å². The Labute approximate surface area is 185 Å². The van der Waals surface area contributed by atoms with Crippen LogP contribution in [0.1, 0.15) is 21.6 Å². The molecule has 7 nitrogen and oxygen atoms in total. The summed E-state index contributed by atoms with van der Waals surface area (Å²) < 4.78 is 1.55. The van der Waals surface area contributed by atoms with Crippen LogP contribution in [0.3, 0.4) is 0 Å². The standard InChI is InChI=1S/C23H20ClN5O2/c1-15-20(21(24)29(27-15)19-7-5-4-6-8-19)13-17(14-25)22(30)26-18-11-9-16(10-12-18)23(31)28(2)3/h4-13H,1-3H3,(H,26,30)/b17-13+. The minimum atomic E-state index is -0.586. The molecule has 2 aromatic carbocycles. The Morgan fingerprint density at radius 2 is 1.77 bits per heavy atom. The molecule has 0 radical (unpaired) electrons. The van der Waals surface area contributed by atoms with Crippen molar-refractivity contribution in [3.05, 3.63) is 82.1 Å². The maximum absolute atomic E-state index is 12.6. The molecular formula is C23H20ClN5O2. The molecule has 1 aromatic heterocycles. The summed E-state index contributed by atoms with van der Waals surface area (Å²) in [4.78, 5) is 26.1. The molecule has 156 valence electrons. The predicted octanol–water partition coefficient (Wildman–Crippen LogP) is 4.08. The number of halogens is 1. The number of carbonyl (C=O) groups excluding carboxylic acids is 2. The van der Waals surface area contributed by atoms with Gasteiger partial charge in [-0.1, -0.05) is 29.8 Å². The van der Waals surface area contributed by atoms with E-state index in [0.29, 0.717) is 27.7 Å². The normalized spacial score (nSPS) is 11.0. The van der Waals surface area contributed by atoms with E-state index in [1.165, 1.54) is 11.0 Å². The van der Waals surface area contributed by atoms with Crippen molar-refractivity contribution in [3.8, 4) is 11.8 Å². The number of aryl methyl sites for hydroxylation is 1. The van der Waals surface area contributed by atoms with Crippen molar-refractivity contribution >= 4 is 35.2 Å². The zero-order valence-electron chi connectivity index (χ0n) is 17.3. The SMILES string of the molecule is Cc1nn(-c2ccccc2)c(Cl)c1/C=C(\C#N)C(=O)Nc1ccc(C(=O)N(C)C)cc1. The quantitative estimate of drug-likeness (QED) is 0.484. The number of carbonyl (C=O) groups is 2. The van der Waals surface area contributed by atoms with E-state index in [1.54, 1.807) is 50.0 Å². The molecular weight excluding hydrogens is 414 g/mol. The van der Waals surface area contributed by atoms with E-state index in [9.17, 15) is 14.9 Å². The average Bonchev–Trinajstić information content (AvgIpc) is 3.05. The molecule has 8 heteroatoms. The maximum atomic E-state index is 12.6. The number of benzene rings is 2. The fraction of sp³-hybridized carbons (Fsp3) is 0.130. The molecule has 0 fully saturated rings. The van der Waals surface area contributed by atoms with Crippen molar-refractivity contribution in [2.24, 2.45) is 0 Å². The lowest BCUT2D eigenvalue weighted by Crippen LogP contribution is -2.21. The van der Waals surface area contributed by atoms with Crippen molar-refractivity contribution < 1.29 is 9.59 Å². The van der Waals surface area contributed by atoms with Crippen LogP contribution in [-0.4, -0.2) is 40.6 Å². The number of hydrogen-bond donors (Lipinski definition) is 1. The Bertz CT molecular complexity index is 1190. The smallest absolute Gasteiger partial charge is 0.266 e. The van der Waals surface area contributed by atoms with Gasteiger partial charge in [-0.15, -0.1) is 0 Å². The van der Waals surface area contributed by atoms with Crippen LogP contribution in [0.15, 0.2) is 60.2 Å². The van der Waals surface area contributed by atoms with Crippen LogP contribution in [0.25, 0.3) is 11.8 Å². The first-order valence-electron chi connectivity index (χ1n) is 9.37. The van der Waals surface area contributed by atoms with Gasteiger partial charge in [0.1, 0.15) is 16.8 Å². The van der Waals surface area contributed by atoms with Crippen molar-refractivity contribution in [3.63, 3.8) is 0 Å². The van der Waals surface area contributed by atoms with E-state index in [1.807, 2.05) is 36.4 Å². The summed E-state index contributed by atoms with van der Waals surface area (Å²) >= 11 is 6.48. The van der Waals surface area contributed by atoms with E-state index >= 15 is 0 Å². The van der Waals surface area contributed by atoms with Gasteiger partial charge in [0.2, 0.25) is 0 Å². The first-order valence-corrected chi connectivity index (χ1v) is 9.75. The molecule has 0 aliphatic rings. The molecule has 0 atom stereocenters. The van der Waals surface area contributed by atoms with Gasteiger partial charge >= 0.3 is 0 Å². The number of rotatable bonds is 5. The summed E-state index contributed by atoms with van der Waals surface area (Å²) in [5.41, 5.74) is 2.68. The topological polar surface area (TPSA) is 91.0 Å². The molecule has 1 heterocycles. The first kappa shape index (κ1) is 21.8. The fourth-order valence-electron chi connectivity index (χ4n) is 2.86. The Morgan fingerprint density at radius 3 is 2.35 bits per heavy atom. The number of anilines is 1. The lowest BCUT2D eigenvalue weighted by atomic mass is 10.1. The van der Waals surface area contributed by atoms with Crippen molar-refractivity contribution in [1.29, 1.82) is 5.26 Å². The van der Waals surface area contributed by atoms with Crippen molar-refractivity contribution in [2.45, 2.75) is 6.92 Å². The molecule has 0 spiro atoms. The molecule has 0 bridgehead atoms. The number of nitrogens with one attached hydrogen (secondary N) is 1. The minimum Gasteiger partial charge on any atom is -0.345 e. The van der Waals surface area contributed by atoms with Gasteiger partial charge in [-0.3, -0.25) is 9.59 Å². The molecule has 31 heavy (non-hydrogen) atoms. The number of amides is 2. The average molecular weight is 434 g/mol. The Kier molecular flexibility index (Phi) is 6.53. The summed E-state index contributed by atoms with van der Waals surface area (Å²) in [5.74, 6) is -0.729. The first-order chi connectivity index (χ1) is 14.8. The Morgan fingerprint density at radius 1 is 1.13 bits per heavy atom. The summed E-state index contributed by atoms with van der Waals surface area (Å²) in [6, 6.07) is 17.7. The van der Waals surface area contributed by atoms with Crippen LogP contribution < -0.4 is 5.32 Å². The third-order valence-electron chi connectivity index (χ3n) is 4.50. The molecule has 1 N–H and O–H groups in total. The largest absolute Gasteiger partial charge is 0.345 e. The second-order valence-corrected chi connectivity index (χ2v) is 7.30. The summed E-state index contributed by atoms with van der Waals surface area (Å²) in [6.45, 7) is 1.75. The highest BCUT2D eigenvalue weighted by molar-refractivity contribution is 6.31. The zero-order valence-corrected chi connectivity index (χ0v) is 18.0. The maximum Gasteiger partial charge on any atom is 0.266 e. The number of aromatic nitrogens is 2. The molecule has 0 saturated heterocycles. The highest BCUT2D eigenvalue weighted by atomic mass is 35.5. The third kappa shape index (κ3) is 4.82. The molecule has 0 saturated carbocycles. The molecule has 2 amide bonds. The predicted molar refractivity (Wildman–Crippen MR) is 120 cm³/mol. The molecule has 3 aromatic rings. The van der Waals surface area contributed by atoms with Gasteiger partial charge in [0.05, 0.1) is 11.4 Å². The van der Waals surface area contributed by atoms with Crippen LogP contribution in [0.2, 0.25) is 5.15 Å². The highest BCUT2D eigenvalue weighted by Crippen LogP contribution is 2.26. The van der Waals surface area contributed by atoms with E-state index in [-0.39, 0.29) is 11.5 Å². The minimum absolute atomic E-state index is 0.119. The fourth-order valence-corrected chi connectivity index (χ4v) is 3.19. The second-order valence-electron chi connectivity index (χ2n) is 6.94. The van der Waals surface area contributed by atoms with Gasteiger partial charge in [-0.2, -0.15) is 10.4 Å². The van der Waals surface area contributed by atoms with Gasteiger partial charge < -0.3 is 10.2 Å². The second kappa shape index (κ2) is 9.28. The van der Waals surface area contributed by atoms with Crippen LogP contribution >= 0.6 is 11.6 Å². The lowest BCUT2D eigenvalue weighted by Gasteiger charge is -2.10. The van der Waals surface area contributed by atoms with Gasteiger partial charge in [-0.25, -0.2) is 4.68 Å². The van der Waals surface area contributed by atoms with Crippen LogP contribution in [-0.2, 0) is 4.79 Å². The van der Waals surface area contributed by atoms with Gasteiger partial charge in [0, 0.05) is 30.9 Å². The Balaban J connectivity index is 1.84. The third-order valence-corrected chi connectivity index (χ3v) is 4.86. The molecule has 3 rings (SSSR count). The number of nitriles is 1. The highest BCUT2D eigenvalue weighted by Gasteiger charge is 2.17. The van der Waals surface area contributed by atoms with Gasteiger partial charge in [0.15, 0.2) is 0 Å². The van der Waals surface area contributed by atoms with Crippen LogP contribution in [0.4, 0.5) is 5.69 Å². The summed E-state index contributed by atoms with van der Waals surface area (Å²) in [5, 5.41) is 16.9. The van der Waals surface area contributed by atoms with E-state index in [2.05, 4.69) is 10.4 Å². The van der Waals surface area contributed by atoms with E-state index < -0.39 is 5.91 Å². The van der Waals surface area contributed by atoms with E-state index in [4.69, 9.17) is 11.6 Å². The van der Waals surface area contributed by atoms with Crippen molar-refractivity contribution in [2.75, 3.05) is 19.4 Å². The molecule has 0 aliphatic carbocycles. The van der Waals surface area contributed by atoms with Crippen LogP contribution in [0, 0.1) is 18.3 Å². The van der Waals surface area contributed by atoms with E-state index in [0.717, 1.165) is 5.69 Å². The molecule has 0 unspecified atom stereocenters. The summed E-state index contributed by atoms with van der Waals surface area (Å²) in [7, 11) is 3.32. The monoisotopic (exact) mass is 433 g/mol. The number of para-hydroxylation sites is 1. The summed E-state index contributed by atoms with van der Waals surface area (Å²) in [6.07, 6.45) is 1.42. The van der Waals surface area contributed by atoms with Crippen molar-refractivity contribution in [1.82, 2.24) is 14.7 Å². The zero-order chi connectivity index (χ0) is 22.5. The van der Waals surface area contributed by atoms with Crippen LogP contribution in [0.5, 0.6) is 0 Å². The number of hydrogen-bond acceptors (Lipinski definition) is 4. The lowest BCUT2D eigenvalue weighted by molar-refractivity contribution is -0.112. The molecule has 0 aliphatic heterocycles. The van der Waals surface area contributed by atoms with Gasteiger partial charge in [-0.05, 0) is 49.4 Å². The number of nitrogens with zero attached hydrogens (tertiary/aromatic N) is 4. The Hall–Kier alpha value is -3.89.